The van der Waals surface area contributed by atoms with Crippen LogP contribution in [-0.4, -0.2) is 20.7 Å². The van der Waals surface area contributed by atoms with Crippen molar-refractivity contribution in [3.63, 3.8) is 0 Å². The van der Waals surface area contributed by atoms with E-state index in [-0.39, 0.29) is 5.91 Å². The van der Waals surface area contributed by atoms with Crippen LogP contribution in [-0.2, 0) is 4.79 Å². The van der Waals surface area contributed by atoms with Gasteiger partial charge < -0.3 is 10.6 Å². The van der Waals surface area contributed by atoms with Gasteiger partial charge in [-0.1, -0.05) is 42.5 Å². The topological polar surface area (TPSA) is 95.6 Å². The third-order valence-electron chi connectivity index (χ3n) is 6.25. The number of rotatable bonds is 4. The van der Waals surface area contributed by atoms with E-state index in [1.165, 1.54) is 5.56 Å². The first kappa shape index (κ1) is 22.1. The molecule has 1 aromatic heterocycles. The van der Waals surface area contributed by atoms with Gasteiger partial charge in [-0.05, 0) is 67.8 Å². The van der Waals surface area contributed by atoms with Gasteiger partial charge in [-0.25, -0.2) is 4.68 Å². The maximum Gasteiger partial charge on any atom is 0.255 e. The Morgan fingerprint density at radius 3 is 2.43 bits per heavy atom. The summed E-state index contributed by atoms with van der Waals surface area (Å²) in [5.74, 6) is 0.901. The Labute approximate surface area is 203 Å². The molecule has 5 rings (SSSR count). The average Bonchev–Trinajstić information content (AvgIpc) is 3.29. The zero-order valence-corrected chi connectivity index (χ0v) is 19.7. The molecule has 1 unspecified atom stereocenters. The van der Waals surface area contributed by atoms with E-state index in [1.807, 2.05) is 55.5 Å². The molecule has 4 aromatic rings. The van der Waals surface area contributed by atoms with Crippen molar-refractivity contribution < 1.29 is 4.79 Å². The van der Waals surface area contributed by atoms with Gasteiger partial charge >= 0.3 is 0 Å². The maximum atomic E-state index is 13.5. The number of carbonyl (C=O) groups is 1. The van der Waals surface area contributed by atoms with Crippen LogP contribution in [0.15, 0.2) is 84.1 Å². The second-order valence-corrected chi connectivity index (χ2v) is 8.62. The molecule has 0 spiro atoms. The Balaban J connectivity index is 1.61. The number of amides is 1. The van der Waals surface area contributed by atoms with E-state index in [2.05, 4.69) is 42.7 Å². The van der Waals surface area contributed by atoms with E-state index < -0.39 is 6.04 Å². The van der Waals surface area contributed by atoms with Gasteiger partial charge in [0.15, 0.2) is 5.82 Å². The normalized spacial score (nSPS) is 14.6. The van der Waals surface area contributed by atoms with Crippen LogP contribution in [0.4, 0.5) is 11.6 Å². The summed E-state index contributed by atoms with van der Waals surface area (Å²) >= 11 is 0. The van der Waals surface area contributed by atoms with Gasteiger partial charge in [0.1, 0.15) is 6.04 Å². The highest BCUT2D eigenvalue weighted by atomic mass is 16.1. The van der Waals surface area contributed by atoms with Crippen molar-refractivity contribution in [2.24, 2.45) is 0 Å². The first-order valence-electron chi connectivity index (χ1n) is 11.3. The number of nitrogens with zero attached hydrogens (tertiary/aromatic N) is 4. The summed E-state index contributed by atoms with van der Waals surface area (Å²) in [6.07, 6.45) is 0. The Morgan fingerprint density at radius 1 is 1.00 bits per heavy atom. The lowest BCUT2D eigenvalue weighted by atomic mass is 9.94. The SMILES string of the molecule is CC1=C(C(=O)Nc2ccccc2)C(c2ccc(C#N)cc2)n2nc(-c3ccc(C)c(C)c3)nc2N1. The maximum absolute atomic E-state index is 13.5. The van der Waals surface area contributed by atoms with E-state index in [0.29, 0.717) is 34.3 Å². The monoisotopic (exact) mass is 460 g/mol. The predicted molar refractivity (Wildman–Crippen MR) is 136 cm³/mol. The number of nitrogens with one attached hydrogen (secondary N) is 2. The van der Waals surface area contributed by atoms with Crippen molar-refractivity contribution >= 4 is 17.5 Å². The third kappa shape index (κ3) is 4.18. The molecular formula is C28H24N6O. The quantitative estimate of drug-likeness (QED) is 0.427. The zero-order valence-electron chi connectivity index (χ0n) is 19.7. The zero-order chi connectivity index (χ0) is 24.5. The van der Waals surface area contributed by atoms with Gasteiger partial charge in [-0.3, -0.25) is 4.79 Å². The minimum Gasteiger partial charge on any atom is -0.328 e. The molecule has 0 radical (unpaired) electrons. The largest absolute Gasteiger partial charge is 0.328 e. The molecule has 0 bridgehead atoms. The number of carbonyl (C=O) groups excluding carboxylic acids is 1. The van der Waals surface area contributed by atoms with Gasteiger partial charge in [0, 0.05) is 16.9 Å². The van der Waals surface area contributed by atoms with Crippen LogP contribution >= 0.6 is 0 Å². The fraction of sp³-hybridized carbons (Fsp3) is 0.143. The van der Waals surface area contributed by atoms with Crippen molar-refractivity contribution in [3.8, 4) is 17.5 Å². The summed E-state index contributed by atoms with van der Waals surface area (Å²) in [6.45, 7) is 5.99. The number of allylic oxidation sites excluding steroid dienone is 1. The molecule has 1 aliphatic rings. The lowest BCUT2D eigenvalue weighted by Gasteiger charge is -2.28. The second-order valence-electron chi connectivity index (χ2n) is 8.62. The summed E-state index contributed by atoms with van der Waals surface area (Å²) in [5.41, 5.74) is 6.57. The molecule has 2 heterocycles. The number of anilines is 2. The number of aryl methyl sites for hydroxylation is 2. The smallest absolute Gasteiger partial charge is 0.255 e. The van der Waals surface area contributed by atoms with E-state index in [4.69, 9.17) is 10.1 Å². The number of para-hydroxylation sites is 1. The van der Waals surface area contributed by atoms with Gasteiger partial charge in [0.05, 0.1) is 17.2 Å². The molecule has 0 saturated heterocycles. The average molecular weight is 461 g/mol. The number of nitriles is 1. The van der Waals surface area contributed by atoms with Crippen molar-refractivity contribution in [1.29, 1.82) is 5.26 Å². The molecular weight excluding hydrogens is 436 g/mol. The third-order valence-corrected chi connectivity index (χ3v) is 6.25. The standard InChI is InChI=1S/C28H24N6O/c1-17-9-12-22(15-18(17)2)26-32-28-30-19(3)24(27(35)31-23-7-5-4-6-8-23)25(34(28)33-26)21-13-10-20(16-29)11-14-21/h4-15,25H,1-3H3,(H,31,35)(H,30,32,33). The fourth-order valence-electron chi connectivity index (χ4n) is 4.22. The Hall–Kier alpha value is -4.70. The number of hydrogen-bond donors (Lipinski definition) is 2. The minimum absolute atomic E-state index is 0.232. The molecule has 7 nitrogen and oxygen atoms in total. The summed E-state index contributed by atoms with van der Waals surface area (Å²) in [6, 6.07) is 24.3. The fourth-order valence-corrected chi connectivity index (χ4v) is 4.22. The molecule has 3 aromatic carbocycles. The molecule has 1 amide bonds. The van der Waals surface area contributed by atoms with Crippen LogP contribution in [0.1, 0.15) is 35.2 Å². The molecule has 7 heteroatoms. The first-order valence-corrected chi connectivity index (χ1v) is 11.3. The van der Waals surface area contributed by atoms with Crippen LogP contribution in [0.5, 0.6) is 0 Å². The van der Waals surface area contributed by atoms with Gasteiger partial charge in [-0.15, -0.1) is 5.10 Å². The highest BCUT2D eigenvalue weighted by Gasteiger charge is 2.34. The van der Waals surface area contributed by atoms with E-state index in [0.717, 1.165) is 16.7 Å². The van der Waals surface area contributed by atoms with Gasteiger partial charge in [0.2, 0.25) is 5.95 Å². The van der Waals surface area contributed by atoms with Crippen molar-refractivity contribution in [2.75, 3.05) is 10.6 Å². The number of fused-ring (bicyclic) bond motifs is 1. The molecule has 2 N–H and O–H groups in total. The molecule has 0 fully saturated rings. The highest BCUT2D eigenvalue weighted by Crippen LogP contribution is 2.37. The molecule has 1 atom stereocenters. The predicted octanol–water partition coefficient (Wildman–Crippen LogP) is 5.36. The Kier molecular flexibility index (Phi) is 5.63. The molecule has 172 valence electrons. The van der Waals surface area contributed by atoms with Crippen LogP contribution in [0.2, 0.25) is 0 Å². The van der Waals surface area contributed by atoms with E-state index in [1.54, 1.807) is 16.8 Å². The molecule has 1 aliphatic heterocycles. The van der Waals surface area contributed by atoms with Gasteiger partial charge in [0.25, 0.3) is 5.91 Å². The summed E-state index contributed by atoms with van der Waals surface area (Å²) in [7, 11) is 0. The van der Waals surface area contributed by atoms with Crippen molar-refractivity contribution in [2.45, 2.75) is 26.8 Å². The number of aromatic nitrogens is 3. The Morgan fingerprint density at radius 2 is 1.74 bits per heavy atom. The van der Waals surface area contributed by atoms with Crippen LogP contribution < -0.4 is 10.6 Å². The summed E-state index contributed by atoms with van der Waals surface area (Å²) < 4.78 is 1.75. The van der Waals surface area contributed by atoms with Crippen molar-refractivity contribution in [1.82, 2.24) is 14.8 Å². The van der Waals surface area contributed by atoms with Gasteiger partial charge in [-0.2, -0.15) is 10.2 Å². The number of benzene rings is 3. The second kappa shape index (κ2) is 8.92. The molecule has 0 saturated carbocycles. The summed E-state index contributed by atoms with van der Waals surface area (Å²) in [5, 5.41) is 20.4. The van der Waals surface area contributed by atoms with Crippen LogP contribution in [0.3, 0.4) is 0 Å². The Bertz CT molecular complexity index is 1490. The molecule has 35 heavy (non-hydrogen) atoms. The van der Waals surface area contributed by atoms with E-state index >= 15 is 0 Å². The minimum atomic E-state index is -0.518. The van der Waals surface area contributed by atoms with E-state index in [9.17, 15) is 10.1 Å². The lowest BCUT2D eigenvalue weighted by Crippen LogP contribution is -2.31. The lowest BCUT2D eigenvalue weighted by molar-refractivity contribution is -0.113. The van der Waals surface area contributed by atoms with Crippen LogP contribution in [0.25, 0.3) is 11.4 Å². The summed E-state index contributed by atoms with van der Waals surface area (Å²) in [4.78, 5) is 18.3. The molecule has 0 aliphatic carbocycles. The van der Waals surface area contributed by atoms with Crippen molar-refractivity contribution in [3.05, 3.63) is 106 Å². The number of hydrogen-bond acceptors (Lipinski definition) is 5. The van der Waals surface area contributed by atoms with Crippen LogP contribution in [0, 0.1) is 25.2 Å². The highest BCUT2D eigenvalue weighted by molar-refractivity contribution is 6.06. The first-order chi connectivity index (χ1) is 16.9.